The number of alkyl halides is 3. The first-order valence-corrected chi connectivity index (χ1v) is 6.86. The Labute approximate surface area is 126 Å². The Bertz CT molecular complexity index is 570. The molecule has 118 valence electrons. The minimum Gasteiger partial charge on any atom is -0.386 e. The largest absolute Gasteiger partial charge is 0.408 e. The summed E-state index contributed by atoms with van der Waals surface area (Å²) in [5, 5.41) is 16.3. The van der Waals surface area contributed by atoms with Gasteiger partial charge in [0.1, 0.15) is 16.6 Å². The Kier molecular flexibility index (Phi) is 4.59. The summed E-state index contributed by atoms with van der Waals surface area (Å²) in [5.41, 5.74) is -1.73. The number of nitrogens with one attached hydrogen (secondary N) is 1. The number of aromatic nitrogens is 2. The lowest BCUT2D eigenvalue weighted by molar-refractivity contribution is -0.143. The van der Waals surface area contributed by atoms with E-state index in [2.05, 4.69) is 26.3 Å². The molecule has 21 heavy (non-hydrogen) atoms. The van der Waals surface area contributed by atoms with Crippen LogP contribution in [0.1, 0.15) is 6.42 Å². The summed E-state index contributed by atoms with van der Waals surface area (Å²) in [7, 11) is 0. The SMILES string of the molecule is O=c1c(Br)c(NCC2(O)CCOC2)cnn1CC(F)(F)F. The van der Waals surface area contributed by atoms with Gasteiger partial charge in [-0.25, -0.2) is 4.68 Å². The fourth-order valence-electron chi connectivity index (χ4n) is 1.87. The van der Waals surface area contributed by atoms with Crippen LogP contribution in [0.2, 0.25) is 0 Å². The molecule has 0 aliphatic carbocycles. The van der Waals surface area contributed by atoms with Crippen molar-refractivity contribution in [2.75, 3.05) is 25.1 Å². The van der Waals surface area contributed by atoms with E-state index >= 15 is 0 Å². The van der Waals surface area contributed by atoms with Gasteiger partial charge < -0.3 is 15.2 Å². The third-order valence-electron chi connectivity index (χ3n) is 3.00. The van der Waals surface area contributed by atoms with Crippen molar-refractivity contribution < 1.29 is 23.0 Å². The number of hydrogen-bond acceptors (Lipinski definition) is 5. The molecule has 1 aromatic rings. The van der Waals surface area contributed by atoms with Gasteiger partial charge in [0.2, 0.25) is 0 Å². The highest BCUT2D eigenvalue weighted by atomic mass is 79.9. The highest BCUT2D eigenvalue weighted by molar-refractivity contribution is 9.10. The standard InChI is InChI=1S/C11H13BrF3N3O3/c12-8-7(16-4-10(20)1-2-21-6-10)3-17-18(9(8)19)5-11(13,14)15/h3,16,20H,1-2,4-6H2. The van der Waals surface area contributed by atoms with E-state index in [0.29, 0.717) is 17.7 Å². The number of aliphatic hydroxyl groups is 1. The molecule has 0 amide bonds. The summed E-state index contributed by atoms with van der Waals surface area (Å²) in [6.07, 6.45) is -2.98. The molecule has 0 aromatic carbocycles. The molecule has 1 aromatic heterocycles. The first-order chi connectivity index (χ1) is 9.70. The molecular weight excluding hydrogens is 359 g/mol. The zero-order chi connectivity index (χ0) is 15.7. The van der Waals surface area contributed by atoms with Crippen molar-refractivity contribution in [2.24, 2.45) is 0 Å². The van der Waals surface area contributed by atoms with Gasteiger partial charge in [-0.1, -0.05) is 0 Å². The molecule has 2 N–H and O–H groups in total. The molecular formula is C11H13BrF3N3O3. The minimum absolute atomic E-state index is 0.0655. The van der Waals surface area contributed by atoms with Crippen LogP contribution in [0, 0.1) is 0 Å². The lowest BCUT2D eigenvalue weighted by atomic mass is 10.0. The Balaban J connectivity index is 2.11. The van der Waals surface area contributed by atoms with Crippen LogP contribution in [-0.2, 0) is 11.3 Å². The van der Waals surface area contributed by atoms with E-state index < -0.39 is 23.9 Å². The van der Waals surface area contributed by atoms with Crippen molar-refractivity contribution in [3.8, 4) is 0 Å². The highest BCUT2D eigenvalue weighted by Gasteiger charge is 2.33. The maximum atomic E-state index is 12.3. The van der Waals surface area contributed by atoms with E-state index in [1.54, 1.807) is 0 Å². The molecule has 10 heteroatoms. The summed E-state index contributed by atoms with van der Waals surface area (Å²) in [6.45, 7) is -0.751. The third-order valence-corrected chi connectivity index (χ3v) is 3.77. The molecule has 1 unspecified atom stereocenters. The molecule has 6 nitrogen and oxygen atoms in total. The van der Waals surface area contributed by atoms with Crippen molar-refractivity contribution in [1.29, 1.82) is 0 Å². The molecule has 1 aliphatic heterocycles. The number of halogens is 4. The molecule has 0 radical (unpaired) electrons. The number of hydrogen-bond donors (Lipinski definition) is 2. The zero-order valence-electron chi connectivity index (χ0n) is 10.8. The maximum Gasteiger partial charge on any atom is 0.408 e. The summed E-state index contributed by atoms with van der Waals surface area (Å²) >= 11 is 2.95. The quantitative estimate of drug-likeness (QED) is 0.829. The van der Waals surface area contributed by atoms with E-state index in [0.717, 1.165) is 6.20 Å². The van der Waals surface area contributed by atoms with Crippen LogP contribution >= 0.6 is 15.9 Å². The molecule has 1 aliphatic rings. The van der Waals surface area contributed by atoms with Crippen LogP contribution in [0.25, 0.3) is 0 Å². The smallest absolute Gasteiger partial charge is 0.386 e. The van der Waals surface area contributed by atoms with Gasteiger partial charge in [0.05, 0.1) is 18.5 Å². The van der Waals surface area contributed by atoms with E-state index in [-0.39, 0.29) is 23.3 Å². The average Bonchev–Trinajstić information content (AvgIpc) is 2.80. The topological polar surface area (TPSA) is 76.4 Å². The Morgan fingerprint density at radius 3 is 2.86 bits per heavy atom. The van der Waals surface area contributed by atoms with Gasteiger partial charge in [0.25, 0.3) is 5.56 Å². The molecule has 1 saturated heterocycles. The van der Waals surface area contributed by atoms with Gasteiger partial charge in [-0.3, -0.25) is 4.79 Å². The van der Waals surface area contributed by atoms with Crippen molar-refractivity contribution in [2.45, 2.75) is 24.7 Å². The molecule has 2 rings (SSSR count). The summed E-state index contributed by atoms with van der Waals surface area (Å²) in [4.78, 5) is 11.8. The molecule has 0 saturated carbocycles. The highest BCUT2D eigenvalue weighted by Crippen LogP contribution is 2.22. The molecule has 2 heterocycles. The van der Waals surface area contributed by atoms with Crippen LogP contribution in [0.3, 0.4) is 0 Å². The van der Waals surface area contributed by atoms with Gasteiger partial charge in [-0.15, -0.1) is 0 Å². The molecule has 0 spiro atoms. The van der Waals surface area contributed by atoms with E-state index in [9.17, 15) is 23.1 Å². The Hall–Kier alpha value is -1.13. The van der Waals surface area contributed by atoms with Crippen molar-refractivity contribution in [3.63, 3.8) is 0 Å². The van der Waals surface area contributed by atoms with Gasteiger partial charge in [0.15, 0.2) is 0 Å². The number of anilines is 1. The van der Waals surface area contributed by atoms with E-state index in [4.69, 9.17) is 4.74 Å². The third kappa shape index (κ3) is 4.17. The molecule has 0 bridgehead atoms. The van der Waals surface area contributed by atoms with Gasteiger partial charge in [0, 0.05) is 19.6 Å². The summed E-state index contributed by atoms with van der Waals surface area (Å²) in [6, 6.07) is 0. The average molecular weight is 372 g/mol. The second-order valence-electron chi connectivity index (χ2n) is 4.83. The first kappa shape index (κ1) is 16.2. The second kappa shape index (κ2) is 5.93. The zero-order valence-corrected chi connectivity index (χ0v) is 12.4. The van der Waals surface area contributed by atoms with E-state index in [1.165, 1.54) is 0 Å². The first-order valence-electron chi connectivity index (χ1n) is 6.07. The monoisotopic (exact) mass is 371 g/mol. The minimum atomic E-state index is -4.53. The van der Waals surface area contributed by atoms with Crippen molar-refractivity contribution in [1.82, 2.24) is 9.78 Å². The normalized spacial score (nSPS) is 22.5. The summed E-state index contributed by atoms with van der Waals surface area (Å²) in [5.74, 6) is 0. The van der Waals surface area contributed by atoms with Crippen LogP contribution in [0.5, 0.6) is 0 Å². The second-order valence-corrected chi connectivity index (χ2v) is 5.62. The molecule has 1 fully saturated rings. The number of ether oxygens (including phenoxy) is 1. The van der Waals surface area contributed by atoms with Crippen molar-refractivity contribution in [3.05, 3.63) is 21.0 Å². The number of rotatable bonds is 4. The number of nitrogens with zero attached hydrogens (tertiary/aromatic N) is 2. The van der Waals surface area contributed by atoms with E-state index in [1.807, 2.05) is 0 Å². The Morgan fingerprint density at radius 1 is 1.57 bits per heavy atom. The predicted octanol–water partition coefficient (Wildman–Crippen LogP) is 1.13. The maximum absolute atomic E-state index is 12.3. The van der Waals surface area contributed by atoms with Crippen molar-refractivity contribution >= 4 is 21.6 Å². The van der Waals surface area contributed by atoms with Gasteiger partial charge in [-0.05, 0) is 15.9 Å². The van der Waals surface area contributed by atoms with Crippen LogP contribution in [0.15, 0.2) is 15.5 Å². The van der Waals surface area contributed by atoms with Crippen LogP contribution in [0.4, 0.5) is 18.9 Å². The fourth-order valence-corrected chi connectivity index (χ4v) is 2.31. The van der Waals surface area contributed by atoms with Gasteiger partial charge >= 0.3 is 6.18 Å². The molecule has 1 atom stereocenters. The Morgan fingerprint density at radius 2 is 2.29 bits per heavy atom. The fraction of sp³-hybridized carbons (Fsp3) is 0.636. The van der Waals surface area contributed by atoms with Crippen LogP contribution < -0.4 is 10.9 Å². The predicted molar refractivity (Wildman–Crippen MR) is 71.1 cm³/mol. The van der Waals surface area contributed by atoms with Crippen LogP contribution in [-0.4, -0.2) is 46.4 Å². The summed E-state index contributed by atoms with van der Waals surface area (Å²) < 4.78 is 42.2. The van der Waals surface area contributed by atoms with Gasteiger partial charge in [-0.2, -0.15) is 18.3 Å². The lowest BCUT2D eigenvalue weighted by Gasteiger charge is -2.21. The lowest BCUT2D eigenvalue weighted by Crippen LogP contribution is -2.38.